The third-order valence-electron chi connectivity index (χ3n) is 6.01. The Balaban J connectivity index is 2.09. The quantitative estimate of drug-likeness (QED) is 0.836. The first kappa shape index (κ1) is 17.8. The average Bonchev–Trinajstić information content (AvgIpc) is 2.73. The summed E-state index contributed by atoms with van der Waals surface area (Å²) in [6.45, 7) is 1.36. The van der Waals surface area contributed by atoms with Gasteiger partial charge in [0.25, 0.3) is 0 Å². The average molecular weight is 365 g/mol. The van der Waals surface area contributed by atoms with Crippen molar-refractivity contribution >= 4 is 10.8 Å². The topological polar surface area (TPSA) is 101 Å². The lowest BCUT2D eigenvalue weighted by Gasteiger charge is -2.45. The summed E-state index contributed by atoms with van der Waals surface area (Å²) in [4.78, 5) is 2.14. The second-order valence-corrected chi connectivity index (χ2v) is 7.47. The summed E-state index contributed by atoms with van der Waals surface area (Å²) in [6.07, 6.45) is 2.01. The Hall–Kier alpha value is -3.59. The van der Waals surface area contributed by atoms with Crippen LogP contribution in [0.1, 0.15) is 11.5 Å². The molecule has 1 heterocycles. The normalized spacial score (nSPS) is 23.9. The maximum absolute atomic E-state index is 10.2. The fourth-order valence-electron chi connectivity index (χ4n) is 4.69. The molecule has 4 rings (SSSR count). The highest BCUT2D eigenvalue weighted by atomic mass is 15.1. The molecule has 0 amide bonds. The Bertz CT molecular complexity index is 1130. The van der Waals surface area contributed by atoms with Gasteiger partial charge in [-0.15, -0.1) is 0 Å². The summed E-state index contributed by atoms with van der Waals surface area (Å²) in [5.74, 6) is -0.620. The third-order valence-corrected chi connectivity index (χ3v) is 6.01. The zero-order valence-corrected chi connectivity index (χ0v) is 15.6. The number of benzene rings is 2. The molecule has 0 unspecified atom stereocenters. The molecule has 28 heavy (non-hydrogen) atoms. The molecule has 0 saturated carbocycles. The number of fused-ring (bicyclic) bond motifs is 2. The van der Waals surface area contributed by atoms with Gasteiger partial charge in [0, 0.05) is 24.9 Å². The molecular formula is C23H19N5. The molecule has 2 N–H and O–H groups in total. The first-order chi connectivity index (χ1) is 13.6. The van der Waals surface area contributed by atoms with Crippen molar-refractivity contribution in [1.82, 2.24) is 4.90 Å². The number of likely N-dealkylation sites (N-methyl/N-ethyl adjacent to an activating group) is 1. The Labute approximate surface area is 164 Å². The van der Waals surface area contributed by atoms with Crippen LogP contribution in [0.4, 0.5) is 0 Å². The van der Waals surface area contributed by atoms with E-state index in [1.807, 2.05) is 55.6 Å². The van der Waals surface area contributed by atoms with Crippen LogP contribution in [0.25, 0.3) is 10.8 Å². The summed E-state index contributed by atoms with van der Waals surface area (Å²) >= 11 is 0. The van der Waals surface area contributed by atoms with Gasteiger partial charge in [0.05, 0.1) is 23.4 Å². The van der Waals surface area contributed by atoms with Crippen molar-refractivity contribution in [2.75, 3.05) is 20.1 Å². The Morgan fingerprint density at radius 2 is 1.79 bits per heavy atom. The van der Waals surface area contributed by atoms with Crippen LogP contribution in [0.3, 0.4) is 0 Å². The van der Waals surface area contributed by atoms with E-state index >= 15 is 0 Å². The van der Waals surface area contributed by atoms with Crippen molar-refractivity contribution in [1.29, 1.82) is 15.8 Å². The van der Waals surface area contributed by atoms with E-state index in [4.69, 9.17) is 5.73 Å². The SMILES string of the molecule is CN1CC=C2C(C#N)=C(N)C(C#N)(C#N)[C@H](c3cccc4ccccc34)[C@H]2C1. The molecule has 0 fully saturated rings. The Kier molecular flexibility index (Phi) is 4.16. The first-order valence-electron chi connectivity index (χ1n) is 9.17. The molecule has 2 aromatic rings. The fourth-order valence-corrected chi connectivity index (χ4v) is 4.69. The number of rotatable bonds is 1. The highest BCUT2D eigenvalue weighted by molar-refractivity contribution is 5.87. The van der Waals surface area contributed by atoms with Gasteiger partial charge in [-0.05, 0) is 29.0 Å². The van der Waals surface area contributed by atoms with Gasteiger partial charge in [-0.1, -0.05) is 48.5 Å². The molecule has 2 aliphatic rings. The highest BCUT2D eigenvalue weighted by Gasteiger charge is 2.54. The van der Waals surface area contributed by atoms with E-state index in [0.29, 0.717) is 13.1 Å². The molecule has 2 aromatic carbocycles. The molecule has 0 aromatic heterocycles. The molecule has 1 aliphatic carbocycles. The van der Waals surface area contributed by atoms with E-state index in [-0.39, 0.29) is 17.2 Å². The summed E-state index contributed by atoms with van der Waals surface area (Å²) in [5, 5.41) is 32.1. The van der Waals surface area contributed by atoms with E-state index in [1.165, 1.54) is 0 Å². The molecule has 5 nitrogen and oxygen atoms in total. The molecule has 0 bridgehead atoms. The monoisotopic (exact) mass is 365 g/mol. The number of allylic oxidation sites excluding steroid dienone is 2. The smallest absolute Gasteiger partial charge is 0.191 e. The number of nitrogens with zero attached hydrogens (tertiary/aromatic N) is 4. The summed E-state index contributed by atoms with van der Waals surface area (Å²) in [5.41, 5.74) is 6.92. The molecule has 1 aliphatic heterocycles. The van der Waals surface area contributed by atoms with Crippen LogP contribution < -0.4 is 5.73 Å². The molecule has 2 atom stereocenters. The van der Waals surface area contributed by atoms with Crippen molar-refractivity contribution in [2.24, 2.45) is 17.1 Å². The summed E-state index contributed by atoms with van der Waals surface area (Å²) in [6, 6.07) is 20.5. The fraction of sp³-hybridized carbons (Fsp3) is 0.261. The van der Waals surface area contributed by atoms with E-state index in [1.54, 1.807) is 0 Å². The molecule has 136 valence electrons. The van der Waals surface area contributed by atoms with E-state index in [9.17, 15) is 15.8 Å². The second-order valence-electron chi connectivity index (χ2n) is 7.47. The van der Waals surface area contributed by atoms with E-state index in [2.05, 4.69) is 23.1 Å². The number of nitriles is 3. The zero-order chi connectivity index (χ0) is 19.9. The second kappa shape index (κ2) is 6.54. The van der Waals surface area contributed by atoms with Crippen molar-refractivity contribution in [2.45, 2.75) is 5.92 Å². The predicted molar refractivity (Wildman–Crippen MR) is 106 cm³/mol. The highest BCUT2D eigenvalue weighted by Crippen LogP contribution is 2.55. The van der Waals surface area contributed by atoms with Gasteiger partial charge in [-0.2, -0.15) is 15.8 Å². The van der Waals surface area contributed by atoms with Crippen LogP contribution >= 0.6 is 0 Å². The summed E-state index contributed by atoms with van der Waals surface area (Å²) in [7, 11) is 2.00. The van der Waals surface area contributed by atoms with Crippen LogP contribution in [0, 0.1) is 45.3 Å². The third kappa shape index (κ3) is 2.33. The maximum Gasteiger partial charge on any atom is 0.191 e. The minimum Gasteiger partial charge on any atom is -0.399 e. The lowest BCUT2D eigenvalue weighted by molar-refractivity contribution is 0.238. The maximum atomic E-state index is 10.2. The van der Waals surface area contributed by atoms with Crippen LogP contribution in [0.15, 0.2) is 65.4 Å². The van der Waals surface area contributed by atoms with Gasteiger partial charge >= 0.3 is 0 Å². The van der Waals surface area contributed by atoms with Crippen LogP contribution in [0.5, 0.6) is 0 Å². The number of hydrogen-bond donors (Lipinski definition) is 1. The van der Waals surface area contributed by atoms with Crippen LogP contribution in [-0.2, 0) is 0 Å². The van der Waals surface area contributed by atoms with Gasteiger partial charge in [0.1, 0.15) is 6.07 Å². The van der Waals surface area contributed by atoms with Crippen molar-refractivity contribution < 1.29 is 0 Å². The molecular weight excluding hydrogens is 346 g/mol. The summed E-state index contributed by atoms with van der Waals surface area (Å²) < 4.78 is 0. The zero-order valence-electron chi connectivity index (χ0n) is 15.6. The minimum absolute atomic E-state index is 0.0741. The van der Waals surface area contributed by atoms with Crippen LogP contribution in [0.2, 0.25) is 0 Å². The molecule has 0 spiro atoms. The van der Waals surface area contributed by atoms with E-state index in [0.717, 1.165) is 21.9 Å². The molecule has 0 radical (unpaired) electrons. The number of nitrogens with two attached hydrogens (primary N) is 1. The Morgan fingerprint density at radius 1 is 1.07 bits per heavy atom. The molecule has 0 saturated heterocycles. The largest absolute Gasteiger partial charge is 0.399 e. The van der Waals surface area contributed by atoms with Crippen molar-refractivity contribution in [3.8, 4) is 18.2 Å². The van der Waals surface area contributed by atoms with Crippen molar-refractivity contribution in [3.05, 3.63) is 70.9 Å². The first-order valence-corrected chi connectivity index (χ1v) is 9.17. The van der Waals surface area contributed by atoms with Gasteiger partial charge in [-0.25, -0.2) is 0 Å². The van der Waals surface area contributed by atoms with Crippen LogP contribution in [-0.4, -0.2) is 25.0 Å². The van der Waals surface area contributed by atoms with E-state index < -0.39 is 11.3 Å². The lowest BCUT2D eigenvalue weighted by Crippen LogP contribution is -2.47. The lowest BCUT2D eigenvalue weighted by atomic mass is 9.57. The van der Waals surface area contributed by atoms with Gasteiger partial charge in [0.15, 0.2) is 5.41 Å². The standard InChI is InChI=1S/C23H19N5/c1-28-10-9-17-19(11-24)22(27)23(13-25,14-26)21(20(17)12-28)18-8-4-6-15-5-2-3-7-16(15)18/h2-9,20-21H,10,12,27H2,1H3/t20-,21+/m0/s1. The minimum atomic E-state index is -1.59. The van der Waals surface area contributed by atoms with Gasteiger partial charge < -0.3 is 10.6 Å². The van der Waals surface area contributed by atoms with Gasteiger partial charge in [-0.3, -0.25) is 0 Å². The number of hydrogen-bond acceptors (Lipinski definition) is 5. The Morgan fingerprint density at radius 3 is 2.50 bits per heavy atom. The van der Waals surface area contributed by atoms with Gasteiger partial charge in [0.2, 0.25) is 0 Å². The van der Waals surface area contributed by atoms with Crippen molar-refractivity contribution in [3.63, 3.8) is 0 Å². The molecule has 5 heteroatoms. The predicted octanol–water partition coefficient (Wildman–Crippen LogP) is 3.19.